The Kier molecular flexibility index (Phi) is 2.90. The molecule has 2 aromatic heterocycles. The number of pyridine rings is 1. The van der Waals surface area contributed by atoms with E-state index in [9.17, 15) is 4.79 Å². The number of nitrogens with one attached hydrogen (secondary N) is 1. The molecule has 0 unspecified atom stereocenters. The number of esters is 1. The second-order valence-corrected chi connectivity index (χ2v) is 4.10. The fourth-order valence-corrected chi connectivity index (χ4v) is 2.10. The highest BCUT2D eigenvalue weighted by Crippen LogP contribution is 2.22. The SMILES string of the molecule is CCOC(=O)c1ccnc2[nH]cc(I)c12. The molecule has 2 aromatic rings. The van der Waals surface area contributed by atoms with Crippen molar-refractivity contribution in [3.8, 4) is 0 Å². The molecule has 15 heavy (non-hydrogen) atoms. The first-order valence-electron chi connectivity index (χ1n) is 4.52. The summed E-state index contributed by atoms with van der Waals surface area (Å²) in [7, 11) is 0. The number of H-pyrrole nitrogens is 1. The fraction of sp³-hybridized carbons (Fsp3) is 0.200. The van der Waals surface area contributed by atoms with E-state index in [0.717, 1.165) is 8.96 Å². The van der Waals surface area contributed by atoms with Gasteiger partial charge in [0, 0.05) is 21.4 Å². The second kappa shape index (κ2) is 4.18. The average Bonchev–Trinajstić information content (AvgIpc) is 2.61. The van der Waals surface area contributed by atoms with E-state index in [1.165, 1.54) is 0 Å². The van der Waals surface area contributed by atoms with Crippen molar-refractivity contribution in [2.24, 2.45) is 0 Å². The maximum atomic E-state index is 11.6. The lowest BCUT2D eigenvalue weighted by Crippen LogP contribution is -2.05. The third-order valence-electron chi connectivity index (χ3n) is 2.02. The van der Waals surface area contributed by atoms with Crippen molar-refractivity contribution in [3.05, 3.63) is 27.6 Å². The minimum Gasteiger partial charge on any atom is -0.462 e. The first kappa shape index (κ1) is 10.4. The second-order valence-electron chi connectivity index (χ2n) is 2.94. The molecule has 0 bridgehead atoms. The molecule has 78 valence electrons. The lowest BCUT2D eigenvalue weighted by Gasteiger charge is -2.02. The molecule has 0 aromatic carbocycles. The summed E-state index contributed by atoms with van der Waals surface area (Å²) in [6.07, 6.45) is 3.42. The maximum absolute atomic E-state index is 11.6. The first-order chi connectivity index (χ1) is 7.24. The van der Waals surface area contributed by atoms with Crippen LogP contribution in [-0.4, -0.2) is 22.5 Å². The minimum atomic E-state index is -0.303. The predicted octanol–water partition coefficient (Wildman–Crippen LogP) is 2.34. The Morgan fingerprint density at radius 2 is 2.47 bits per heavy atom. The van der Waals surface area contributed by atoms with Gasteiger partial charge < -0.3 is 9.72 Å². The smallest absolute Gasteiger partial charge is 0.338 e. The zero-order valence-corrected chi connectivity index (χ0v) is 10.2. The quantitative estimate of drug-likeness (QED) is 0.683. The van der Waals surface area contributed by atoms with Gasteiger partial charge in [-0.1, -0.05) is 0 Å². The molecule has 0 radical (unpaired) electrons. The summed E-state index contributed by atoms with van der Waals surface area (Å²) in [5.74, 6) is -0.303. The molecule has 0 aliphatic carbocycles. The maximum Gasteiger partial charge on any atom is 0.338 e. The molecule has 0 atom stereocenters. The molecular formula is C10H9IN2O2. The van der Waals surface area contributed by atoms with Gasteiger partial charge in [-0.05, 0) is 35.6 Å². The number of hydrogen-bond acceptors (Lipinski definition) is 3. The van der Waals surface area contributed by atoms with Crippen LogP contribution in [0.3, 0.4) is 0 Å². The van der Waals surface area contributed by atoms with E-state index < -0.39 is 0 Å². The highest BCUT2D eigenvalue weighted by Gasteiger charge is 2.14. The molecule has 1 N–H and O–H groups in total. The number of nitrogens with zero attached hydrogens (tertiary/aromatic N) is 1. The number of halogens is 1. The van der Waals surface area contributed by atoms with Crippen LogP contribution in [0.5, 0.6) is 0 Å². The summed E-state index contributed by atoms with van der Waals surface area (Å²) in [5, 5.41) is 0.830. The van der Waals surface area contributed by atoms with Crippen LogP contribution in [0, 0.1) is 3.57 Å². The van der Waals surface area contributed by atoms with Crippen LogP contribution in [0.15, 0.2) is 18.5 Å². The van der Waals surface area contributed by atoms with Crippen LogP contribution in [0.4, 0.5) is 0 Å². The van der Waals surface area contributed by atoms with Gasteiger partial charge in [0.2, 0.25) is 0 Å². The lowest BCUT2D eigenvalue weighted by atomic mass is 10.2. The third kappa shape index (κ3) is 1.83. The Labute approximate surface area is 100 Å². The largest absolute Gasteiger partial charge is 0.462 e. The van der Waals surface area contributed by atoms with Crippen molar-refractivity contribution in [1.29, 1.82) is 0 Å². The summed E-state index contributed by atoms with van der Waals surface area (Å²) in [6, 6.07) is 1.68. The third-order valence-corrected chi connectivity index (χ3v) is 2.87. The van der Waals surface area contributed by atoms with E-state index in [2.05, 4.69) is 32.6 Å². The van der Waals surface area contributed by atoms with Gasteiger partial charge in [-0.2, -0.15) is 0 Å². The van der Waals surface area contributed by atoms with Crippen molar-refractivity contribution < 1.29 is 9.53 Å². The van der Waals surface area contributed by atoms with Crippen LogP contribution >= 0.6 is 22.6 Å². The van der Waals surface area contributed by atoms with Crippen molar-refractivity contribution >= 4 is 39.6 Å². The normalized spacial score (nSPS) is 10.5. The molecule has 0 spiro atoms. The van der Waals surface area contributed by atoms with Crippen molar-refractivity contribution in [3.63, 3.8) is 0 Å². The average molecular weight is 316 g/mol. The number of aromatic nitrogens is 2. The molecule has 0 saturated heterocycles. The van der Waals surface area contributed by atoms with Crippen LogP contribution in [-0.2, 0) is 4.74 Å². The van der Waals surface area contributed by atoms with Crippen molar-refractivity contribution in [2.45, 2.75) is 6.92 Å². The number of aromatic amines is 1. The highest BCUT2D eigenvalue weighted by atomic mass is 127. The van der Waals surface area contributed by atoms with Gasteiger partial charge in [-0.3, -0.25) is 0 Å². The van der Waals surface area contributed by atoms with E-state index in [0.29, 0.717) is 17.8 Å². The van der Waals surface area contributed by atoms with Gasteiger partial charge in [0.15, 0.2) is 0 Å². The van der Waals surface area contributed by atoms with Crippen molar-refractivity contribution in [2.75, 3.05) is 6.61 Å². The van der Waals surface area contributed by atoms with Crippen LogP contribution in [0.1, 0.15) is 17.3 Å². The van der Waals surface area contributed by atoms with Crippen LogP contribution in [0.25, 0.3) is 11.0 Å². The number of ether oxygens (including phenoxy) is 1. The zero-order chi connectivity index (χ0) is 10.8. The van der Waals surface area contributed by atoms with Gasteiger partial charge in [0.25, 0.3) is 0 Å². The topological polar surface area (TPSA) is 55.0 Å². The first-order valence-corrected chi connectivity index (χ1v) is 5.60. The molecule has 0 aliphatic heterocycles. The summed E-state index contributed by atoms with van der Waals surface area (Å²) in [4.78, 5) is 18.8. The number of fused-ring (bicyclic) bond motifs is 1. The highest BCUT2D eigenvalue weighted by molar-refractivity contribution is 14.1. The molecular weight excluding hydrogens is 307 g/mol. The lowest BCUT2D eigenvalue weighted by molar-refractivity contribution is 0.0528. The van der Waals surface area contributed by atoms with E-state index in [1.54, 1.807) is 19.2 Å². The van der Waals surface area contributed by atoms with Gasteiger partial charge in [0.1, 0.15) is 5.65 Å². The fourth-order valence-electron chi connectivity index (χ4n) is 1.40. The molecule has 0 amide bonds. The molecule has 4 nitrogen and oxygen atoms in total. The molecule has 0 fully saturated rings. The molecule has 0 saturated carbocycles. The van der Waals surface area contributed by atoms with Gasteiger partial charge in [-0.25, -0.2) is 9.78 Å². The molecule has 5 heteroatoms. The molecule has 2 heterocycles. The molecule has 0 aliphatic rings. The molecule has 2 rings (SSSR count). The number of hydrogen-bond donors (Lipinski definition) is 1. The van der Waals surface area contributed by atoms with E-state index in [1.807, 2.05) is 6.20 Å². The van der Waals surface area contributed by atoms with E-state index >= 15 is 0 Å². The van der Waals surface area contributed by atoms with Crippen LogP contribution < -0.4 is 0 Å². The van der Waals surface area contributed by atoms with Gasteiger partial charge >= 0.3 is 5.97 Å². The van der Waals surface area contributed by atoms with Crippen LogP contribution in [0.2, 0.25) is 0 Å². The summed E-state index contributed by atoms with van der Waals surface area (Å²) in [5.41, 5.74) is 1.28. The van der Waals surface area contributed by atoms with E-state index in [4.69, 9.17) is 4.74 Å². The predicted molar refractivity (Wildman–Crippen MR) is 64.8 cm³/mol. The van der Waals surface area contributed by atoms with Crippen molar-refractivity contribution in [1.82, 2.24) is 9.97 Å². The number of carbonyl (C=O) groups is 1. The van der Waals surface area contributed by atoms with E-state index in [-0.39, 0.29) is 5.97 Å². The Morgan fingerprint density at radius 3 is 3.20 bits per heavy atom. The summed E-state index contributed by atoms with van der Waals surface area (Å²) < 4.78 is 5.95. The minimum absolute atomic E-state index is 0.303. The Bertz CT molecular complexity index is 507. The Balaban J connectivity index is 2.59. The van der Waals surface area contributed by atoms with Gasteiger partial charge in [-0.15, -0.1) is 0 Å². The Hall–Kier alpha value is -1.11. The summed E-state index contributed by atoms with van der Waals surface area (Å²) >= 11 is 2.16. The number of carbonyl (C=O) groups excluding carboxylic acids is 1. The number of rotatable bonds is 2. The standard InChI is InChI=1S/C10H9IN2O2/c1-2-15-10(14)6-3-4-12-9-8(6)7(11)5-13-9/h3-5H,2H2,1H3,(H,12,13). The monoisotopic (exact) mass is 316 g/mol. The summed E-state index contributed by atoms with van der Waals surface area (Å²) in [6.45, 7) is 2.17. The van der Waals surface area contributed by atoms with Gasteiger partial charge in [0.05, 0.1) is 12.2 Å². The Morgan fingerprint density at radius 1 is 1.67 bits per heavy atom. The zero-order valence-electron chi connectivity index (χ0n) is 8.08.